The molecule has 0 radical (unpaired) electrons. The van der Waals surface area contributed by atoms with Crippen LogP contribution in [0.2, 0.25) is 0 Å². The quantitative estimate of drug-likeness (QED) is 0.868. The van der Waals surface area contributed by atoms with Crippen molar-refractivity contribution in [1.29, 1.82) is 0 Å². The number of carbonyl (C=O) groups excluding carboxylic acids is 2. The molecule has 0 aliphatic carbocycles. The van der Waals surface area contributed by atoms with Crippen molar-refractivity contribution in [2.24, 2.45) is 5.92 Å². The third-order valence-electron chi connectivity index (χ3n) is 4.30. The van der Waals surface area contributed by atoms with Crippen molar-refractivity contribution in [2.75, 3.05) is 11.9 Å². The molecule has 2 heterocycles. The first kappa shape index (κ1) is 18.4. The van der Waals surface area contributed by atoms with Crippen molar-refractivity contribution >= 4 is 28.3 Å². The van der Waals surface area contributed by atoms with E-state index < -0.39 is 11.6 Å². The summed E-state index contributed by atoms with van der Waals surface area (Å²) in [4.78, 5) is 31.0. The van der Waals surface area contributed by atoms with E-state index in [1.165, 1.54) is 17.4 Å². The smallest absolute Gasteiger partial charge is 0.231 e. The molecule has 1 N–H and O–H groups in total. The maximum atomic E-state index is 13.3. The molecule has 1 aromatic heterocycles. The molecule has 1 aliphatic rings. The minimum absolute atomic E-state index is 0.0154. The highest BCUT2D eigenvalue weighted by molar-refractivity contribution is 7.15. The lowest BCUT2D eigenvalue weighted by Gasteiger charge is -2.20. The summed E-state index contributed by atoms with van der Waals surface area (Å²) in [5.74, 6) is -2.40. The highest BCUT2D eigenvalue weighted by Gasteiger charge is 2.35. The number of hydrogen-bond donors (Lipinski definition) is 1. The first-order valence-electron chi connectivity index (χ1n) is 8.32. The number of thiazole rings is 1. The van der Waals surface area contributed by atoms with Crippen molar-refractivity contribution in [3.8, 4) is 0 Å². The molecule has 1 aliphatic heterocycles. The zero-order valence-electron chi connectivity index (χ0n) is 14.5. The second-order valence-electron chi connectivity index (χ2n) is 6.59. The van der Waals surface area contributed by atoms with E-state index in [4.69, 9.17) is 0 Å². The lowest BCUT2D eigenvalue weighted by atomic mass is 10.1. The summed E-state index contributed by atoms with van der Waals surface area (Å²) >= 11 is 1.27. The normalized spacial score (nSPS) is 17.2. The van der Waals surface area contributed by atoms with Crippen LogP contribution in [-0.4, -0.2) is 34.3 Å². The lowest BCUT2D eigenvalue weighted by molar-refractivity contribution is -0.129. The molecule has 1 fully saturated rings. The number of carbonyl (C=O) groups is 2. The molecule has 138 valence electrons. The predicted molar refractivity (Wildman–Crippen MR) is 94.9 cm³/mol. The molecule has 2 amide bonds. The first-order valence-corrected chi connectivity index (χ1v) is 9.14. The zero-order chi connectivity index (χ0) is 18.8. The number of nitrogens with zero attached hydrogens (tertiary/aromatic N) is 2. The molecule has 0 bridgehead atoms. The molecule has 1 saturated heterocycles. The number of anilines is 1. The highest BCUT2D eigenvalue weighted by Crippen LogP contribution is 2.25. The monoisotopic (exact) mass is 379 g/mol. The van der Waals surface area contributed by atoms with E-state index in [0.717, 1.165) is 17.0 Å². The van der Waals surface area contributed by atoms with E-state index in [-0.39, 0.29) is 30.2 Å². The highest BCUT2D eigenvalue weighted by atomic mass is 32.1. The minimum Gasteiger partial charge on any atom is -0.339 e. The topological polar surface area (TPSA) is 62.3 Å². The SMILES string of the molecule is CC(C)N1CC(C(=O)Nc2ncc(Cc3ccc(F)c(F)c3)s2)CC1=O. The predicted octanol–water partition coefficient (Wildman–Crippen LogP) is 3.21. The summed E-state index contributed by atoms with van der Waals surface area (Å²) in [6.45, 7) is 4.25. The van der Waals surface area contributed by atoms with Crippen LogP contribution in [-0.2, 0) is 16.0 Å². The van der Waals surface area contributed by atoms with Crippen LogP contribution >= 0.6 is 11.3 Å². The van der Waals surface area contributed by atoms with Gasteiger partial charge in [-0.25, -0.2) is 13.8 Å². The van der Waals surface area contributed by atoms with Gasteiger partial charge >= 0.3 is 0 Å². The van der Waals surface area contributed by atoms with Gasteiger partial charge in [0, 0.05) is 36.5 Å². The Balaban J connectivity index is 1.60. The number of hydrogen-bond acceptors (Lipinski definition) is 4. The van der Waals surface area contributed by atoms with Gasteiger partial charge in [0.2, 0.25) is 11.8 Å². The lowest BCUT2D eigenvalue weighted by Crippen LogP contribution is -2.33. The van der Waals surface area contributed by atoms with E-state index in [1.807, 2.05) is 13.8 Å². The summed E-state index contributed by atoms with van der Waals surface area (Å²) in [6, 6.07) is 3.83. The van der Waals surface area contributed by atoms with E-state index in [2.05, 4.69) is 10.3 Å². The van der Waals surface area contributed by atoms with Crippen molar-refractivity contribution < 1.29 is 18.4 Å². The number of aromatic nitrogens is 1. The summed E-state index contributed by atoms with van der Waals surface area (Å²) < 4.78 is 26.3. The Morgan fingerprint density at radius 2 is 2.15 bits per heavy atom. The fourth-order valence-corrected chi connectivity index (χ4v) is 3.76. The zero-order valence-corrected chi connectivity index (χ0v) is 15.3. The third kappa shape index (κ3) is 4.07. The number of nitrogens with one attached hydrogen (secondary N) is 1. The number of likely N-dealkylation sites (tertiary alicyclic amines) is 1. The average molecular weight is 379 g/mol. The molecule has 1 atom stereocenters. The molecular weight excluding hydrogens is 360 g/mol. The van der Waals surface area contributed by atoms with E-state index in [1.54, 1.807) is 11.1 Å². The van der Waals surface area contributed by atoms with Crippen molar-refractivity contribution in [3.05, 3.63) is 46.5 Å². The molecule has 3 rings (SSSR count). The van der Waals surface area contributed by atoms with Crippen LogP contribution in [0, 0.1) is 17.6 Å². The van der Waals surface area contributed by atoms with Gasteiger partial charge in [-0.05, 0) is 31.5 Å². The van der Waals surface area contributed by atoms with Gasteiger partial charge < -0.3 is 10.2 Å². The molecule has 8 heteroatoms. The van der Waals surface area contributed by atoms with Gasteiger partial charge in [0.05, 0.1) is 5.92 Å². The second kappa shape index (κ2) is 7.49. The van der Waals surface area contributed by atoms with Gasteiger partial charge in [-0.3, -0.25) is 9.59 Å². The third-order valence-corrected chi connectivity index (χ3v) is 5.21. The van der Waals surface area contributed by atoms with E-state index >= 15 is 0 Å². The molecule has 26 heavy (non-hydrogen) atoms. The minimum atomic E-state index is -0.888. The maximum Gasteiger partial charge on any atom is 0.231 e. The Morgan fingerprint density at radius 1 is 1.38 bits per heavy atom. The number of benzene rings is 1. The van der Waals surface area contributed by atoms with Gasteiger partial charge in [-0.2, -0.15) is 0 Å². The van der Waals surface area contributed by atoms with Gasteiger partial charge in [0.25, 0.3) is 0 Å². The number of amides is 2. The maximum absolute atomic E-state index is 13.3. The molecule has 5 nitrogen and oxygen atoms in total. The summed E-state index contributed by atoms with van der Waals surface area (Å²) in [5.41, 5.74) is 0.624. The second-order valence-corrected chi connectivity index (χ2v) is 7.70. The molecule has 1 unspecified atom stereocenters. The van der Waals surface area contributed by atoms with Gasteiger partial charge in [0.15, 0.2) is 16.8 Å². The van der Waals surface area contributed by atoms with Crippen LogP contribution in [0.15, 0.2) is 24.4 Å². The molecule has 0 saturated carbocycles. The Labute approximate surface area is 154 Å². The van der Waals surface area contributed by atoms with Gasteiger partial charge in [-0.15, -0.1) is 11.3 Å². The fraction of sp³-hybridized carbons (Fsp3) is 0.389. The molecule has 0 spiro atoms. The van der Waals surface area contributed by atoms with Crippen LogP contribution in [0.4, 0.5) is 13.9 Å². The summed E-state index contributed by atoms with van der Waals surface area (Å²) in [6.07, 6.45) is 2.20. The summed E-state index contributed by atoms with van der Waals surface area (Å²) in [5, 5.41) is 3.18. The van der Waals surface area contributed by atoms with E-state index in [9.17, 15) is 18.4 Å². The fourth-order valence-electron chi connectivity index (χ4n) is 2.91. The summed E-state index contributed by atoms with van der Waals surface area (Å²) in [7, 11) is 0. The van der Waals surface area contributed by atoms with Crippen LogP contribution in [0.25, 0.3) is 0 Å². The van der Waals surface area contributed by atoms with Crippen molar-refractivity contribution in [3.63, 3.8) is 0 Å². The Kier molecular flexibility index (Phi) is 5.31. The Hall–Kier alpha value is -2.35. The Morgan fingerprint density at radius 3 is 2.81 bits per heavy atom. The largest absolute Gasteiger partial charge is 0.339 e. The van der Waals surface area contributed by atoms with Crippen molar-refractivity contribution in [2.45, 2.75) is 32.7 Å². The number of rotatable bonds is 5. The molecular formula is C18H19F2N3O2S. The number of halogens is 2. The first-order chi connectivity index (χ1) is 12.3. The van der Waals surface area contributed by atoms with Crippen molar-refractivity contribution in [1.82, 2.24) is 9.88 Å². The average Bonchev–Trinajstić information content (AvgIpc) is 3.17. The van der Waals surface area contributed by atoms with Gasteiger partial charge in [0.1, 0.15) is 0 Å². The Bertz CT molecular complexity index is 838. The molecule has 1 aromatic carbocycles. The van der Waals surface area contributed by atoms with Gasteiger partial charge in [-0.1, -0.05) is 6.07 Å². The molecule has 2 aromatic rings. The van der Waals surface area contributed by atoms with Crippen LogP contribution in [0.5, 0.6) is 0 Å². The standard InChI is InChI=1S/C18H19F2N3O2S/c1-10(2)23-9-12(7-16(23)24)17(25)22-18-21-8-13(26-18)5-11-3-4-14(19)15(20)6-11/h3-4,6,8,10,12H,5,7,9H2,1-2H3,(H,21,22,25). The van der Waals surface area contributed by atoms with Crippen LogP contribution in [0.3, 0.4) is 0 Å². The van der Waals surface area contributed by atoms with Crippen LogP contribution < -0.4 is 5.32 Å². The van der Waals surface area contributed by atoms with Crippen LogP contribution in [0.1, 0.15) is 30.7 Å². The van der Waals surface area contributed by atoms with E-state index in [0.29, 0.717) is 23.7 Å².